The normalized spacial score (nSPS) is 32.1. The molecule has 0 aliphatic heterocycles. The lowest BCUT2D eigenvalue weighted by Gasteiger charge is -2.34. The van der Waals surface area contributed by atoms with E-state index in [-0.39, 0.29) is 12.2 Å². The maximum Gasteiger partial charge on any atom is 0.141 e. The Bertz CT molecular complexity index is 158. The van der Waals surface area contributed by atoms with E-state index in [1.54, 1.807) is 6.92 Å². The average molecular weight is 154 g/mol. The first-order valence-electron chi connectivity index (χ1n) is 4.01. The highest BCUT2D eigenvalue weighted by atomic mass is 16.5. The van der Waals surface area contributed by atoms with E-state index in [1.807, 2.05) is 6.07 Å². The molecule has 62 valence electrons. The van der Waals surface area contributed by atoms with Gasteiger partial charge in [-0.2, -0.15) is 5.26 Å². The molecule has 1 atom stereocenters. The van der Waals surface area contributed by atoms with E-state index in [1.165, 1.54) is 0 Å². The van der Waals surface area contributed by atoms with Crippen LogP contribution in [-0.4, -0.2) is 18.8 Å². The van der Waals surface area contributed by atoms with Crippen molar-refractivity contribution in [3.05, 3.63) is 0 Å². The van der Waals surface area contributed by atoms with Crippen molar-refractivity contribution in [2.75, 3.05) is 6.54 Å². The maximum absolute atomic E-state index is 8.43. The average Bonchev–Trinajstić information content (AvgIpc) is 1.95. The summed E-state index contributed by atoms with van der Waals surface area (Å²) in [5.74, 6) is 0.630. The van der Waals surface area contributed by atoms with E-state index in [4.69, 9.17) is 15.7 Å². The zero-order valence-corrected chi connectivity index (χ0v) is 6.79. The minimum atomic E-state index is -0.265. The molecule has 0 bridgehead atoms. The van der Waals surface area contributed by atoms with Crippen molar-refractivity contribution in [3.8, 4) is 6.07 Å². The summed E-state index contributed by atoms with van der Waals surface area (Å²) in [5.41, 5.74) is 5.44. The Labute approximate surface area is 67.1 Å². The zero-order chi connectivity index (χ0) is 8.27. The van der Waals surface area contributed by atoms with Gasteiger partial charge in [-0.05, 0) is 32.2 Å². The van der Waals surface area contributed by atoms with E-state index < -0.39 is 0 Å². The van der Waals surface area contributed by atoms with Gasteiger partial charge in [0, 0.05) is 0 Å². The van der Waals surface area contributed by atoms with Gasteiger partial charge in [0.05, 0.1) is 12.2 Å². The summed E-state index contributed by atoms with van der Waals surface area (Å²) < 4.78 is 5.35. The predicted molar refractivity (Wildman–Crippen MR) is 41.7 cm³/mol. The van der Waals surface area contributed by atoms with E-state index in [2.05, 4.69) is 0 Å². The highest BCUT2D eigenvalue weighted by molar-refractivity contribution is 4.86. The lowest BCUT2D eigenvalue weighted by molar-refractivity contribution is -0.0467. The van der Waals surface area contributed by atoms with Gasteiger partial charge < -0.3 is 10.5 Å². The summed E-state index contributed by atoms with van der Waals surface area (Å²) in [6.07, 6.45) is 2.09. The fraction of sp³-hybridized carbons (Fsp3) is 0.875. The van der Waals surface area contributed by atoms with Gasteiger partial charge in [-0.25, -0.2) is 0 Å². The molecule has 1 rings (SSSR count). The topological polar surface area (TPSA) is 59.0 Å². The van der Waals surface area contributed by atoms with Crippen LogP contribution in [0.4, 0.5) is 0 Å². The number of nitrogens with zero attached hydrogens (tertiary/aromatic N) is 1. The van der Waals surface area contributed by atoms with Gasteiger partial charge >= 0.3 is 0 Å². The molecule has 3 heteroatoms. The number of nitrogens with two attached hydrogens (primary N) is 1. The van der Waals surface area contributed by atoms with Crippen molar-refractivity contribution >= 4 is 0 Å². The van der Waals surface area contributed by atoms with Gasteiger partial charge in [0.25, 0.3) is 0 Å². The first-order chi connectivity index (χ1) is 5.26. The molecule has 0 aromatic rings. The molecule has 0 amide bonds. The third-order valence-electron chi connectivity index (χ3n) is 2.10. The second-order valence-electron chi connectivity index (χ2n) is 3.10. The first-order valence-corrected chi connectivity index (χ1v) is 4.01. The number of hydrogen-bond acceptors (Lipinski definition) is 3. The molecule has 1 aliphatic carbocycles. The van der Waals surface area contributed by atoms with Crippen molar-refractivity contribution in [1.29, 1.82) is 5.26 Å². The molecule has 0 aromatic heterocycles. The predicted octanol–water partition coefficient (Wildman–Crippen LogP) is 0.652. The Balaban J connectivity index is 2.10. The van der Waals surface area contributed by atoms with Crippen LogP contribution in [0.2, 0.25) is 0 Å². The molecule has 1 saturated carbocycles. The molecule has 2 N–H and O–H groups in total. The molecular formula is C8H14N2O. The zero-order valence-electron chi connectivity index (χ0n) is 6.79. The molecule has 0 spiro atoms. The molecular weight excluding hydrogens is 140 g/mol. The van der Waals surface area contributed by atoms with Crippen LogP contribution in [-0.2, 0) is 4.74 Å². The van der Waals surface area contributed by atoms with Gasteiger partial charge in [0.2, 0.25) is 0 Å². The minimum absolute atomic E-state index is 0.265. The Morgan fingerprint density at radius 2 is 2.36 bits per heavy atom. The van der Waals surface area contributed by atoms with E-state index in [9.17, 15) is 0 Å². The van der Waals surface area contributed by atoms with Crippen LogP contribution in [0.1, 0.15) is 19.8 Å². The van der Waals surface area contributed by atoms with Gasteiger partial charge in [-0.15, -0.1) is 0 Å². The van der Waals surface area contributed by atoms with Crippen LogP contribution < -0.4 is 5.73 Å². The standard InChI is InChI=1S/C8H14N2O/c1-6(4-9)11-8-2-7(3-8)5-10/h6-8H,2-3,5,10H2,1H3. The van der Waals surface area contributed by atoms with Gasteiger partial charge in [-0.3, -0.25) is 0 Å². The van der Waals surface area contributed by atoms with Gasteiger partial charge in [-0.1, -0.05) is 0 Å². The number of ether oxygens (including phenoxy) is 1. The Kier molecular flexibility index (Phi) is 2.86. The number of nitriles is 1. The quantitative estimate of drug-likeness (QED) is 0.649. The minimum Gasteiger partial charge on any atom is -0.360 e. The van der Waals surface area contributed by atoms with Crippen molar-refractivity contribution in [1.82, 2.24) is 0 Å². The van der Waals surface area contributed by atoms with E-state index >= 15 is 0 Å². The second kappa shape index (κ2) is 3.70. The Morgan fingerprint density at radius 1 is 1.73 bits per heavy atom. The van der Waals surface area contributed by atoms with Gasteiger partial charge in [0.15, 0.2) is 0 Å². The van der Waals surface area contributed by atoms with Crippen LogP contribution in [0, 0.1) is 17.2 Å². The molecule has 0 saturated heterocycles. The summed E-state index contributed by atoms with van der Waals surface area (Å²) >= 11 is 0. The Hall–Kier alpha value is -0.590. The largest absolute Gasteiger partial charge is 0.360 e. The molecule has 0 aromatic carbocycles. The summed E-state index contributed by atoms with van der Waals surface area (Å²) in [7, 11) is 0. The number of hydrogen-bond donors (Lipinski definition) is 1. The lowest BCUT2D eigenvalue weighted by Crippen LogP contribution is -2.37. The molecule has 3 nitrogen and oxygen atoms in total. The maximum atomic E-state index is 8.43. The van der Waals surface area contributed by atoms with E-state index in [0.29, 0.717) is 5.92 Å². The van der Waals surface area contributed by atoms with Crippen LogP contribution in [0.15, 0.2) is 0 Å². The second-order valence-corrected chi connectivity index (χ2v) is 3.10. The number of rotatable bonds is 3. The monoisotopic (exact) mass is 154 g/mol. The Morgan fingerprint density at radius 3 is 2.82 bits per heavy atom. The third kappa shape index (κ3) is 2.18. The van der Waals surface area contributed by atoms with Crippen LogP contribution in [0.5, 0.6) is 0 Å². The first kappa shape index (κ1) is 8.51. The third-order valence-corrected chi connectivity index (χ3v) is 2.10. The molecule has 0 radical (unpaired) electrons. The summed E-state index contributed by atoms with van der Waals surface area (Å²) in [5, 5.41) is 8.43. The van der Waals surface area contributed by atoms with Gasteiger partial charge in [0.1, 0.15) is 6.10 Å². The summed E-state index contributed by atoms with van der Waals surface area (Å²) in [4.78, 5) is 0. The van der Waals surface area contributed by atoms with Crippen molar-refractivity contribution in [3.63, 3.8) is 0 Å². The van der Waals surface area contributed by atoms with Crippen molar-refractivity contribution < 1.29 is 4.74 Å². The SMILES string of the molecule is CC(C#N)OC1CC(CN)C1. The van der Waals surface area contributed by atoms with E-state index in [0.717, 1.165) is 19.4 Å². The van der Waals surface area contributed by atoms with Crippen molar-refractivity contribution in [2.24, 2.45) is 11.7 Å². The summed E-state index contributed by atoms with van der Waals surface area (Å²) in [6.45, 7) is 2.52. The van der Waals surface area contributed by atoms with Crippen molar-refractivity contribution in [2.45, 2.75) is 32.0 Å². The fourth-order valence-electron chi connectivity index (χ4n) is 1.30. The molecule has 1 fully saturated rings. The molecule has 1 unspecified atom stereocenters. The summed E-state index contributed by atoms with van der Waals surface area (Å²) in [6, 6.07) is 2.04. The highest BCUT2D eigenvalue weighted by Gasteiger charge is 2.29. The molecule has 1 aliphatic rings. The molecule has 11 heavy (non-hydrogen) atoms. The smallest absolute Gasteiger partial charge is 0.141 e. The molecule has 0 heterocycles. The van der Waals surface area contributed by atoms with Crippen LogP contribution in [0.25, 0.3) is 0 Å². The highest BCUT2D eigenvalue weighted by Crippen LogP contribution is 2.29. The van der Waals surface area contributed by atoms with Crippen LogP contribution >= 0.6 is 0 Å². The van der Waals surface area contributed by atoms with Crippen LogP contribution in [0.3, 0.4) is 0 Å². The fourth-order valence-corrected chi connectivity index (χ4v) is 1.30. The lowest BCUT2D eigenvalue weighted by atomic mass is 9.82.